The molecule has 2 saturated carbocycles. The summed E-state index contributed by atoms with van der Waals surface area (Å²) in [5.74, 6) is -0.0140. The van der Waals surface area contributed by atoms with Crippen molar-refractivity contribution in [1.82, 2.24) is 0 Å². The Kier molecular flexibility index (Phi) is 1.50. The second kappa shape index (κ2) is 2.31. The van der Waals surface area contributed by atoms with Gasteiger partial charge in [0, 0.05) is 19.3 Å². The van der Waals surface area contributed by atoms with Crippen LogP contribution in [-0.2, 0) is 9.59 Å². The molecule has 0 radical (unpaired) electrons. The number of carboxylic acid groups (broad SMARTS) is 1. The average molecular weight is 168 g/mol. The van der Waals surface area contributed by atoms with E-state index >= 15 is 0 Å². The number of ketones is 1. The predicted octanol–water partition coefficient (Wildman–Crippen LogP) is 1.22. The highest BCUT2D eigenvalue weighted by molar-refractivity contribution is 5.86. The van der Waals surface area contributed by atoms with E-state index in [4.69, 9.17) is 5.11 Å². The van der Waals surface area contributed by atoms with E-state index in [2.05, 4.69) is 0 Å². The number of hydrogen-bond donors (Lipinski definition) is 1. The van der Waals surface area contributed by atoms with Gasteiger partial charge >= 0.3 is 5.97 Å². The molecule has 2 fully saturated rings. The summed E-state index contributed by atoms with van der Waals surface area (Å²) in [6.07, 6.45) is 3.64. The zero-order valence-electron chi connectivity index (χ0n) is 6.88. The molecule has 0 aromatic rings. The fourth-order valence-corrected chi connectivity index (χ4v) is 2.63. The summed E-state index contributed by atoms with van der Waals surface area (Å²) >= 11 is 0. The Morgan fingerprint density at radius 2 is 2.08 bits per heavy atom. The Hall–Kier alpha value is -0.860. The van der Waals surface area contributed by atoms with Crippen molar-refractivity contribution in [2.75, 3.05) is 0 Å². The third kappa shape index (κ3) is 1.13. The van der Waals surface area contributed by atoms with Gasteiger partial charge in [-0.1, -0.05) is 0 Å². The number of Topliss-reactive ketones (excluding diaryl/α,β-unsaturated/α-hetero) is 1. The zero-order valence-corrected chi connectivity index (χ0v) is 6.88. The molecule has 2 aliphatic rings. The molecule has 3 nitrogen and oxygen atoms in total. The van der Waals surface area contributed by atoms with Gasteiger partial charge in [-0.3, -0.25) is 9.59 Å². The van der Waals surface area contributed by atoms with E-state index in [0.717, 1.165) is 12.8 Å². The van der Waals surface area contributed by atoms with Crippen molar-refractivity contribution in [2.24, 2.45) is 11.3 Å². The maximum Gasteiger partial charge on any atom is 0.303 e. The standard InChI is InChI=1S/C9H12O3/c10-7-4-9(5-7)2-6(3-9)1-8(11)12/h6H,1-5H2,(H,11,12). The van der Waals surface area contributed by atoms with Gasteiger partial charge in [0.2, 0.25) is 0 Å². The van der Waals surface area contributed by atoms with Gasteiger partial charge in [0.1, 0.15) is 5.78 Å². The lowest BCUT2D eigenvalue weighted by atomic mass is 9.51. The quantitative estimate of drug-likeness (QED) is 0.674. The van der Waals surface area contributed by atoms with E-state index in [1.54, 1.807) is 0 Å². The molecule has 0 bridgehead atoms. The van der Waals surface area contributed by atoms with Crippen LogP contribution in [0.2, 0.25) is 0 Å². The molecular weight excluding hydrogens is 156 g/mol. The summed E-state index contributed by atoms with van der Waals surface area (Å²) in [6, 6.07) is 0. The highest BCUT2D eigenvalue weighted by atomic mass is 16.4. The van der Waals surface area contributed by atoms with Crippen molar-refractivity contribution < 1.29 is 14.7 Å². The van der Waals surface area contributed by atoms with Gasteiger partial charge in [0.05, 0.1) is 0 Å². The molecule has 0 heterocycles. The maximum atomic E-state index is 10.7. The lowest BCUT2D eigenvalue weighted by Gasteiger charge is -2.52. The second-order valence-electron chi connectivity index (χ2n) is 4.26. The molecule has 1 spiro atoms. The van der Waals surface area contributed by atoms with Crippen LogP contribution in [0.15, 0.2) is 0 Å². The molecule has 0 aromatic heterocycles. The number of hydrogen-bond acceptors (Lipinski definition) is 2. The smallest absolute Gasteiger partial charge is 0.303 e. The molecule has 1 N–H and O–H groups in total. The molecule has 0 saturated heterocycles. The van der Waals surface area contributed by atoms with Gasteiger partial charge in [-0.05, 0) is 24.2 Å². The van der Waals surface area contributed by atoms with Gasteiger partial charge in [-0.25, -0.2) is 0 Å². The van der Waals surface area contributed by atoms with Crippen LogP contribution in [0.1, 0.15) is 32.1 Å². The maximum absolute atomic E-state index is 10.7. The first-order chi connectivity index (χ1) is 5.60. The number of aliphatic carboxylic acids is 1. The van der Waals surface area contributed by atoms with Crippen molar-refractivity contribution in [3.05, 3.63) is 0 Å². The predicted molar refractivity (Wildman–Crippen MR) is 41.7 cm³/mol. The topological polar surface area (TPSA) is 54.4 Å². The van der Waals surface area contributed by atoms with Crippen LogP contribution in [0.5, 0.6) is 0 Å². The summed E-state index contributed by atoms with van der Waals surface area (Å²) in [6.45, 7) is 0. The van der Waals surface area contributed by atoms with Crippen molar-refractivity contribution in [2.45, 2.75) is 32.1 Å². The van der Waals surface area contributed by atoms with Crippen molar-refractivity contribution in [3.63, 3.8) is 0 Å². The summed E-state index contributed by atoms with van der Waals surface area (Å²) in [7, 11) is 0. The van der Waals surface area contributed by atoms with E-state index in [1.807, 2.05) is 0 Å². The minimum absolute atomic E-state index is 0.261. The van der Waals surface area contributed by atoms with Crippen molar-refractivity contribution >= 4 is 11.8 Å². The van der Waals surface area contributed by atoms with Crippen LogP contribution >= 0.6 is 0 Å². The van der Waals surface area contributed by atoms with E-state index < -0.39 is 5.97 Å². The lowest BCUT2D eigenvalue weighted by Crippen LogP contribution is -2.48. The molecule has 2 rings (SSSR count). The van der Waals surface area contributed by atoms with Crippen LogP contribution in [0.3, 0.4) is 0 Å². The third-order valence-corrected chi connectivity index (χ3v) is 3.05. The Labute approximate surface area is 70.8 Å². The summed E-state index contributed by atoms with van der Waals surface area (Å²) < 4.78 is 0. The van der Waals surface area contributed by atoms with E-state index in [9.17, 15) is 9.59 Å². The van der Waals surface area contributed by atoms with Crippen LogP contribution < -0.4 is 0 Å². The van der Waals surface area contributed by atoms with E-state index in [1.165, 1.54) is 0 Å². The van der Waals surface area contributed by atoms with Crippen molar-refractivity contribution in [3.8, 4) is 0 Å². The zero-order chi connectivity index (χ0) is 8.77. The first kappa shape index (κ1) is 7.77. The number of carbonyl (C=O) groups is 2. The Morgan fingerprint density at radius 3 is 2.50 bits per heavy atom. The highest BCUT2D eigenvalue weighted by Gasteiger charge is 2.52. The normalized spacial score (nSPS) is 26.5. The van der Waals surface area contributed by atoms with Gasteiger partial charge in [-0.15, -0.1) is 0 Å². The summed E-state index contributed by atoms with van der Waals surface area (Å²) in [4.78, 5) is 21.0. The average Bonchev–Trinajstić information content (AvgIpc) is 1.78. The van der Waals surface area contributed by atoms with Gasteiger partial charge < -0.3 is 5.11 Å². The Balaban J connectivity index is 1.77. The third-order valence-electron chi connectivity index (χ3n) is 3.05. The fourth-order valence-electron chi connectivity index (χ4n) is 2.63. The fraction of sp³-hybridized carbons (Fsp3) is 0.778. The number of rotatable bonds is 2. The molecule has 2 aliphatic carbocycles. The molecule has 12 heavy (non-hydrogen) atoms. The van der Waals surface area contributed by atoms with E-state index in [0.29, 0.717) is 24.5 Å². The number of carboxylic acids is 1. The molecular formula is C9H12O3. The SMILES string of the molecule is O=C(O)CC1CC2(CC(=O)C2)C1. The highest BCUT2D eigenvalue weighted by Crippen LogP contribution is 2.57. The first-order valence-electron chi connectivity index (χ1n) is 4.33. The van der Waals surface area contributed by atoms with E-state index in [-0.39, 0.29) is 11.8 Å². The molecule has 0 amide bonds. The van der Waals surface area contributed by atoms with Gasteiger partial charge in [0.25, 0.3) is 0 Å². The minimum atomic E-state index is -0.708. The first-order valence-corrected chi connectivity index (χ1v) is 4.33. The largest absolute Gasteiger partial charge is 0.481 e. The van der Waals surface area contributed by atoms with Gasteiger partial charge in [-0.2, -0.15) is 0 Å². The summed E-state index contributed by atoms with van der Waals surface area (Å²) in [5.41, 5.74) is 0.261. The van der Waals surface area contributed by atoms with Gasteiger partial charge in [0.15, 0.2) is 0 Å². The minimum Gasteiger partial charge on any atom is -0.481 e. The number of carbonyl (C=O) groups excluding carboxylic acids is 1. The van der Waals surface area contributed by atoms with Crippen molar-refractivity contribution in [1.29, 1.82) is 0 Å². The second-order valence-corrected chi connectivity index (χ2v) is 4.26. The monoisotopic (exact) mass is 168 g/mol. The Bertz CT molecular complexity index is 228. The van der Waals surface area contributed by atoms with Crippen LogP contribution in [-0.4, -0.2) is 16.9 Å². The molecule has 66 valence electrons. The lowest BCUT2D eigenvalue weighted by molar-refractivity contribution is -0.147. The van der Waals surface area contributed by atoms with Crippen LogP contribution in [0.4, 0.5) is 0 Å². The van der Waals surface area contributed by atoms with Crippen LogP contribution in [0, 0.1) is 11.3 Å². The molecule has 0 aliphatic heterocycles. The molecule has 3 heteroatoms. The molecule has 0 aromatic carbocycles. The molecule has 0 unspecified atom stereocenters. The Morgan fingerprint density at radius 1 is 1.50 bits per heavy atom. The van der Waals surface area contributed by atoms with Crippen LogP contribution in [0.25, 0.3) is 0 Å². The summed E-state index contributed by atoms with van der Waals surface area (Å²) in [5, 5.41) is 8.49. The molecule has 0 atom stereocenters.